The average Bonchev–Trinajstić information content (AvgIpc) is 3.46. The summed E-state index contributed by atoms with van der Waals surface area (Å²) in [4.78, 5) is 34.9. The van der Waals surface area contributed by atoms with Crippen LogP contribution in [-0.2, 0) is 4.74 Å². The first-order chi connectivity index (χ1) is 12.9. The van der Waals surface area contributed by atoms with Crippen LogP contribution in [0.3, 0.4) is 0 Å². The molecule has 3 rings (SSSR count). The predicted molar refractivity (Wildman–Crippen MR) is 100 cm³/mol. The second-order valence-electron chi connectivity index (χ2n) is 6.05. The Bertz CT molecular complexity index is 927. The van der Waals surface area contributed by atoms with Gasteiger partial charge in [0.25, 0.3) is 11.6 Å². The number of nitrogens with zero attached hydrogens (tertiary/aromatic N) is 1. The number of hydrogen-bond acceptors (Lipinski definition) is 6. The Kier molecular flexibility index (Phi) is 5.27. The van der Waals surface area contributed by atoms with Crippen LogP contribution in [0.2, 0.25) is 5.02 Å². The van der Waals surface area contributed by atoms with E-state index in [1.165, 1.54) is 43.5 Å². The molecule has 0 unspecified atom stereocenters. The van der Waals surface area contributed by atoms with E-state index in [1.54, 1.807) is 0 Å². The zero-order valence-corrected chi connectivity index (χ0v) is 15.1. The van der Waals surface area contributed by atoms with Gasteiger partial charge in [0.1, 0.15) is 5.69 Å². The van der Waals surface area contributed by atoms with E-state index < -0.39 is 16.8 Å². The summed E-state index contributed by atoms with van der Waals surface area (Å²) in [7, 11) is 1.22. The number of nitro groups is 1. The minimum atomic E-state index is -0.637. The molecule has 0 aromatic heterocycles. The van der Waals surface area contributed by atoms with Gasteiger partial charge in [0.2, 0.25) is 0 Å². The van der Waals surface area contributed by atoms with Crippen molar-refractivity contribution in [3.05, 3.63) is 62.7 Å². The number of amides is 1. The fraction of sp³-hybridized carbons (Fsp3) is 0.222. The summed E-state index contributed by atoms with van der Waals surface area (Å²) in [6.07, 6.45) is 1.94. The summed E-state index contributed by atoms with van der Waals surface area (Å²) in [6, 6.07) is 8.84. The van der Waals surface area contributed by atoms with Crippen LogP contribution in [0.15, 0.2) is 36.4 Å². The number of esters is 1. The second kappa shape index (κ2) is 7.63. The monoisotopic (exact) mass is 389 g/mol. The molecule has 27 heavy (non-hydrogen) atoms. The van der Waals surface area contributed by atoms with Crippen LogP contribution in [0, 0.1) is 10.1 Å². The number of nitrogens with one attached hydrogen (secondary N) is 2. The van der Waals surface area contributed by atoms with Crippen LogP contribution < -0.4 is 10.6 Å². The first-order valence-corrected chi connectivity index (χ1v) is 8.51. The Morgan fingerprint density at radius 3 is 2.59 bits per heavy atom. The number of benzene rings is 2. The molecule has 0 bridgehead atoms. The molecule has 8 nitrogen and oxygen atoms in total. The van der Waals surface area contributed by atoms with E-state index in [-0.39, 0.29) is 27.9 Å². The summed E-state index contributed by atoms with van der Waals surface area (Å²) in [5.74, 6) is -1.18. The van der Waals surface area contributed by atoms with E-state index in [2.05, 4.69) is 15.4 Å². The first kappa shape index (κ1) is 18.7. The number of carbonyl (C=O) groups is 2. The van der Waals surface area contributed by atoms with Crippen LogP contribution in [0.5, 0.6) is 0 Å². The molecule has 0 aliphatic heterocycles. The molecule has 140 valence electrons. The number of methoxy groups -OCH3 is 1. The Balaban J connectivity index is 1.82. The lowest BCUT2D eigenvalue weighted by molar-refractivity contribution is -0.384. The van der Waals surface area contributed by atoms with Gasteiger partial charge >= 0.3 is 5.97 Å². The van der Waals surface area contributed by atoms with Gasteiger partial charge in [-0.15, -0.1) is 0 Å². The number of hydrogen-bond donors (Lipinski definition) is 2. The minimum Gasteiger partial charge on any atom is -0.465 e. The number of halogens is 1. The van der Waals surface area contributed by atoms with Gasteiger partial charge in [0.05, 0.1) is 22.6 Å². The van der Waals surface area contributed by atoms with E-state index in [0.717, 1.165) is 12.8 Å². The molecule has 0 atom stereocenters. The molecule has 0 spiro atoms. The van der Waals surface area contributed by atoms with Gasteiger partial charge in [-0.2, -0.15) is 0 Å². The minimum absolute atomic E-state index is 0.104. The summed E-state index contributed by atoms with van der Waals surface area (Å²) < 4.78 is 4.64. The fourth-order valence-corrected chi connectivity index (χ4v) is 2.66. The van der Waals surface area contributed by atoms with E-state index >= 15 is 0 Å². The lowest BCUT2D eigenvalue weighted by atomic mass is 10.1. The third-order valence-electron chi connectivity index (χ3n) is 4.02. The first-order valence-electron chi connectivity index (χ1n) is 8.13. The van der Waals surface area contributed by atoms with Gasteiger partial charge in [0.15, 0.2) is 0 Å². The molecule has 0 heterocycles. The fourth-order valence-electron chi connectivity index (χ4n) is 2.47. The molecule has 1 aliphatic rings. The van der Waals surface area contributed by atoms with Crippen molar-refractivity contribution in [1.82, 2.24) is 0 Å². The van der Waals surface area contributed by atoms with Gasteiger partial charge in [-0.3, -0.25) is 14.9 Å². The van der Waals surface area contributed by atoms with Crippen molar-refractivity contribution in [1.29, 1.82) is 0 Å². The number of anilines is 2. The van der Waals surface area contributed by atoms with E-state index in [1.807, 2.05) is 0 Å². The topological polar surface area (TPSA) is 111 Å². The smallest absolute Gasteiger partial charge is 0.339 e. The van der Waals surface area contributed by atoms with Crippen LogP contribution in [-0.4, -0.2) is 30.0 Å². The Hall–Kier alpha value is -3.13. The van der Waals surface area contributed by atoms with Crippen molar-refractivity contribution in [2.75, 3.05) is 17.7 Å². The zero-order chi connectivity index (χ0) is 19.6. The number of nitro benzene ring substituents is 1. The Labute approximate surface area is 159 Å². The highest BCUT2D eigenvalue weighted by atomic mass is 35.5. The third kappa shape index (κ3) is 4.35. The number of carbonyl (C=O) groups excluding carboxylic acids is 2. The van der Waals surface area contributed by atoms with Crippen LogP contribution in [0.1, 0.15) is 33.6 Å². The lowest BCUT2D eigenvalue weighted by Gasteiger charge is -2.10. The van der Waals surface area contributed by atoms with E-state index in [9.17, 15) is 19.7 Å². The molecule has 2 aromatic rings. The van der Waals surface area contributed by atoms with Crippen molar-refractivity contribution in [3.63, 3.8) is 0 Å². The molecular weight excluding hydrogens is 374 g/mol. The Morgan fingerprint density at radius 1 is 1.22 bits per heavy atom. The quantitative estimate of drug-likeness (QED) is 0.441. The van der Waals surface area contributed by atoms with Crippen molar-refractivity contribution in [2.45, 2.75) is 18.9 Å². The summed E-state index contributed by atoms with van der Waals surface area (Å²) in [5.41, 5.74) is 0.761. The molecule has 9 heteroatoms. The summed E-state index contributed by atoms with van der Waals surface area (Å²) >= 11 is 5.95. The van der Waals surface area contributed by atoms with Crippen molar-refractivity contribution in [3.8, 4) is 0 Å². The van der Waals surface area contributed by atoms with Gasteiger partial charge < -0.3 is 15.4 Å². The third-order valence-corrected chi connectivity index (χ3v) is 4.35. The normalized spacial score (nSPS) is 13.0. The molecule has 1 aliphatic carbocycles. The van der Waals surface area contributed by atoms with E-state index in [0.29, 0.717) is 11.4 Å². The molecule has 1 fully saturated rings. The Morgan fingerprint density at radius 2 is 1.96 bits per heavy atom. The highest BCUT2D eigenvalue weighted by Gasteiger charge is 2.25. The summed E-state index contributed by atoms with van der Waals surface area (Å²) in [6.45, 7) is 0. The standard InChI is InChI=1S/C18H16ClN3O5/c1-27-18(24)13-9-12(5-6-14(13)19)21-17(23)10-2-7-15(20-11-3-4-11)16(8-10)22(25)26/h2,5-9,11,20H,3-4H2,1H3,(H,21,23). The lowest BCUT2D eigenvalue weighted by Crippen LogP contribution is -2.14. The number of ether oxygens (including phenoxy) is 1. The van der Waals surface area contributed by atoms with Gasteiger partial charge in [-0.25, -0.2) is 4.79 Å². The predicted octanol–water partition coefficient (Wildman–Crippen LogP) is 3.86. The van der Waals surface area contributed by atoms with Crippen LogP contribution >= 0.6 is 11.6 Å². The highest BCUT2D eigenvalue weighted by molar-refractivity contribution is 6.33. The van der Waals surface area contributed by atoms with Crippen molar-refractivity contribution >= 4 is 40.5 Å². The molecule has 0 saturated heterocycles. The maximum Gasteiger partial charge on any atom is 0.339 e. The molecule has 1 amide bonds. The van der Waals surface area contributed by atoms with Crippen molar-refractivity contribution < 1.29 is 19.2 Å². The largest absolute Gasteiger partial charge is 0.465 e. The van der Waals surface area contributed by atoms with Gasteiger partial charge in [-0.05, 0) is 43.2 Å². The summed E-state index contributed by atoms with van der Waals surface area (Å²) in [5, 5.41) is 17.2. The van der Waals surface area contributed by atoms with Gasteiger partial charge in [-0.1, -0.05) is 11.6 Å². The second-order valence-corrected chi connectivity index (χ2v) is 6.46. The highest BCUT2D eigenvalue weighted by Crippen LogP contribution is 2.32. The molecule has 1 saturated carbocycles. The zero-order valence-electron chi connectivity index (χ0n) is 14.3. The maximum atomic E-state index is 12.5. The van der Waals surface area contributed by atoms with Crippen molar-refractivity contribution in [2.24, 2.45) is 0 Å². The van der Waals surface area contributed by atoms with Gasteiger partial charge in [0, 0.05) is 23.4 Å². The number of rotatable bonds is 6. The van der Waals surface area contributed by atoms with Crippen LogP contribution in [0.4, 0.5) is 17.1 Å². The molecule has 2 aromatic carbocycles. The molecule has 0 radical (unpaired) electrons. The average molecular weight is 390 g/mol. The van der Waals surface area contributed by atoms with E-state index in [4.69, 9.17) is 11.6 Å². The molecular formula is C18H16ClN3O5. The van der Waals surface area contributed by atoms with Crippen LogP contribution in [0.25, 0.3) is 0 Å². The SMILES string of the molecule is COC(=O)c1cc(NC(=O)c2ccc(NC3CC3)c([N+](=O)[O-])c2)ccc1Cl. The maximum absolute atomic E-state index is 12.5. The molecule has 2 N–H and O–H groups in total.